The van der Waals surface area contributed by atoms with Crippen LogP contribution in [0.3, 0.4) is 0 Å². The number of hydrogen-bond donors (Lipinski definition) is 0. The summed E-state index contributed by atoms with van der Waals surface area (Å²) in [5.74, 6) is 0.431. The van der Waals surface area contributed by atoms with Crippen molar-refractivity contribution >= 4 is 10.1 Å². The molecule has 1 saturated carbocycles. The molecule has 1 aromatic rings. The van der Waals surface area contributed by atoms with Crippen molar-refractivity contribution in [3.63, 3.8) is 0 Å². The Morgan fingerprint density at radius 2 is 1.71 bits per heavy atom. The Hall–Kier alpha value is -0.870. The summed E-state index contributed by atoms with van der Waals surface area (Å²) >= 11 is 0. The summed E-state index contributed by atoms with van der Waals surface area (Å²) in [4.78, 5) is 0.258. The van der Waals surface area contributed by atoms with E-state index in [1.165, 1.54) is 0 Å². The van der Waals surface area contributed by atoms with Crippen LogP contribution in [0.15, 0.2) is 29.2 Å². The molecule has 1 fully saturated rings. The highest BCUT2D eigenvalue weighted by atomic mass is 32.2. The third-order valence-corrected chi connectivity index (χ3v) is 6.98. The van der Waals surface area contributed by atoms with Gasteiger partial charge in [-0.05, 0) is 60.1 Å². The monoisotopic (exact) mass is 352 g/mol. The van der Waals surface area contributed by atoms with Crippen LogP contribution in [0.25, 0.3) is 0 Å². The SMILES string of the molecule is CCC(C)c1ccc(S(=O)(=O)OC2CC(C)(C)CCC2(C)C)cc1. The molecule has 2 unspecified atom stereocenters. The quantitative estimate of drug-likeness (QED) is 0.656. The lowest BCUT2D eigenvalue weighted by atomic mass is 9.65. The maximum atomic E-state index is 12.7. The molecular formula is C20H32O3S. The Labute approximate surface area is 147 Å². The van der Waals surface area contributed by atoms with Crippen molar-refractivity contribution in [3.05, 3.63) is 29.8 Å². The summed E-state index contributed by atoms with van der Waals surface area (Å²) < 4.78 is 31.2. The molecule has 24 heavy (non-hydrogen) atoms. The normalized spacial score (nSPS) is 24.5. The summed E-state index contributed by atoms with van der Waals surface area (Å²) in [5.41, 5.74) is 1.16. The highest BCUT2D eigenvalue weighted by molar-refractivity contribution is 7.86. The molecule has 0 radical (unpaired) electrons. The van der Waals surface area contributed by atoms with E-state index >= 15 is 0 Å². The van der Waals surface area contributed by atoms with Gasteiger partial charge in [-0.3, -0.25) is 4.18 Å². The van der Waals surface area contributed by atoms with Gasteiger partial charge >= 0.3 is 0 Å². The van der Waals surface area contributed by atoms with Crippen molar-refractivity contribution in [3.8, 4) is 0 Å². The second-order valence-corrected chi connectivity index (χ2v) is 10.3. The molecule has 0 aliphatic heterocycles. The fourth-order valence-corrected chi connectivity index (χ4v) is 4.49. The Morgan fingerprint density at radius 1 is 1.12 bits per heavy atom. The van der Waals surface area contributed by atoms with Gasteiger partial charge in [-0.15, -0.1) is 0 Å². The Balaban J connectivity index is 2.21. The highest BCUT2D eigenvalue weighted by Crippen LogP contribution is 2.46. The molecule has 0 spiro atoms. The minimum atomic E-state index is -3.73. The average molecular weight is 353 g/mol. The van der Waals surface area contributed by atoms with Crippen molar-refractivity contribution in [2.45, 2.75) is 84.1 Å². The van der Waals surface area contributed by atoms with Gasteiger partial charge in [0.05, 0.1) is 11.0 Å². The van der Waals surface area contributed by atoms with Crippen molar-refractivity contribution in [2.24, 2.45) is 10.8 Å². The summed E-state index contributed by atoms with van der Waals surface area (Å²) in [5, 5.41) is 0. The summed E-state index contributed by atoms with van der Waals surface area (Å²) in [6.07, 6.45) is 3.61. The summed E-state index contributed by atoms with van der Waals surface area (Å²) in [6.45, 7) is 12.9. The Kier molecular flexibility index (Phi) is 5.51. The van der Waals surface area contributed by atoms with E-state index in [1.54, 1.807) is 12.1 Å². The van der Waals surface area contributed by atoms with Crippen LogP contribution in [0.4, 0.5) is 0 Å². The van der Waals surface area contributed by atoms with Crippen LogP contribution < -0.4 is 0 Å². The van der Waals surface area contributed by atoms with Crippen LogP contribution in [0, 0.1) is 10.8 Å². The summed E-state index contributed by atoms with van der Waals surface area (Å²) in [7, 11) is -3.73. The third-order valence-electron chi connectivity index (χ3n) is 5.65. The molecule has 0 N–H and O–H groups in total. The Bertz CT molecular complexity index is 657. The van der Waals surface area contributed by atoms with Crippen molar-refractivity contribution in [2.75, 3.05) is 0 Å². The molecule has 4 heteroatoms. The van der Waals surface area contributed by atoms with Crippen LogP contribution in [0.2, 0.25) is 0 Å². The predicted molar refractivity (Wildman–Crippen MR) is 98.6 cm³/mol. The molecular weight excluding hydrogens is 320 g/mol. The maximum absolute atomic E-state index is 12.7. The van der Waals surface area contributed by atoms with Gasteiger partial charge < -0.3 is 0 Å². The lowest BCUT2D eigenvalue weighted by Crippen LogP contribution is -2.42. The van der Waals surface area contributed by atoms with Gasteiger partial charge in [0.1, 0.15) is 0 Å². The van der Waals surface area contributed by atoms with Crippen LogP contribution >= 0.6 is 0 Å². The van der Waals surface area contributed by atoms with E-state index in [9.17, 15) is 8.42 Å². The van der Waals surface area contributed by atoms with Gasteiger partial charge in [-0.25, -0.2) is 0 Å². The predicted octanol–water partition coefficient (Wildman–Crippen LogP) is 5.51. The fraction of sp³-hybridized carbons (Fsp3) is 0.700. The lowest BCUT2D eigenvalue weighted by Gasteiger charge is -2.44. The molecule has 1 aliphatic rings. The van der Waals surface area contributed by atoms with Gasteiger partial charge in [-0.2, -0.15) is 8.42 Å². The van der Waals surface area contributed by atoms with E-state index in [0.29, 0.717) is 5.92 Å². The van der Waals surface area contributed by atoms with Gasteiger partial charge in [0.2, 0.25) is 0 Å². The van der Waals surface area contributed by atoms with E-state index in [-0.39, 0.29) is 21.8 Å². The van der Waals surface area contributed by atoms with Crippen LogP contribution in [-0.2, 0) is 14.3 Å². The van der Waals surface area contributed by atoms with E-state index in [0.717, 1.165) is 31.2 Å². The number of rotatable bonds is 5. The zero-order chi connectivity index (χ0) is 18.2. The maximum Gasteiger partial charge on any atom is 0.297 e. The molecule has 0 heterocycles. The molecule has 2 atom stereocenters. The Morgan fingerprint density at radius 3 is 2.25 bits per heavy atom. The van der Waals surface area contributed by atoms with Crippen LogP contribution in [-0.4, -0.2) is 14.5 Å². The minimum absolute atomic E-state index is 0.121. The minimum Gasteiger partial charge on any atom is -0.262 e. The zero-order valence-corrected chi connectivity index (χ0v) is 16.7. The molecule has 3 nitrogen and oxygen atoms in total. The molecule has 2 rings (SSSR count). The topological polar surface area (TPSA) is 43.4 Å². The average Bonchev–Trinajstić information content (AvgIpc) is 2.50. The van der Waals surface area contributed by atoms with E-state index in [2.05, 4.69) is 41.5 Å². The second-order valence-electron chi connectivity index (χ2n) is 8.77. The molecule has 0 bridgehead atoms. The fourth-order valence-electron chi connectivity index (χ4n) is 3.27. The number of hydrogen-bond acceptors (Lipinski definition) is 3. The van der Waals surface area contributed by atoms with Gasteiger partial charge in [0.25, 0.3) is 10.1 Å². The highest BCUT2D eigenvalue weighted by Gasteiger charge is 2.43. The molecule has 0 aromatic heterocycles. The van der Waals surface area contributed by atoms with E-state index in [4.69, 9.17) is 4.18 Å². The first-order chi connectivity index (χ1) is 11.0. The number of benzene rings is 1. The molecule has 136 valence electrons. The first-order valence-electron chi connectivity index (χ1n) is 9.00. The second kappa shape index (κ2) is 6.80. The summed E-state index contributed by atoms with van der Waals surface area (Å²) in [6, 6.07) is 7.16. The molecule has 1 aliphatic carbocycles. The van der Waals surface area contributed by atoms with Crippen molar-refractivity contribution in [1.29, 1.82) is 0 Å². The molecule has 0 saturated heterocycles. The zero-order valence-electron chi connectivity index (χ0n) is 15.9. The van der Waals surface area contributed by atoms with Crippen LogP contribution in [0.5, 0.6) is 0 Å². The van der Waals surface area contributed by atoms with Gasteiger partial charge in [-0.1, -0.05) is 53.7 Å². The van der Waals surface area contributed by atoms with E-state index in [1.807, 2.05) is 12.1 Å². The largest absolute Gasteiger partial charge is 0.297 e. The van der Waals surface area contributed by atoms with Gasteiger partial charge in [0.15, 0.2) is 0 Å². The first-order valence-corrected chi connectivity index (χ1v) is 10.4. The van der Waals surface area contributed by atoms with Crippen molar-refractivity contribution < 1.29 is 12.6 Å². The molecule has 0 amide bonds. The van der Waals surface area contributed by atoms with E-state index < -0.39 is 10.1 Å². The standard InChI is InChI=1S/C20H32O3S/c1-7-15(2)16-8-10-17(11-9-16)24(21,22)23-18-14-19(3,4)12-13-20(18,5)6/h8-11,15,18H,7,12-14H2,1-6H3. The smallest absolute Gasteiger partial charge is 0.262 e. The molecule has 1 aromatic carbocycles. The van der Waals surface area contributed by atoms with Crippen LogP contribution in [0.1, 0.15) is 78.7 Å². The van der Waals surface area contributed by atoms with Crippen molar-refractivity contribution in [1.82, 2.24) is 0 Å². The third kappa shape index (κ3) is 4.40. The first kappa shape index (κ1) is 19.5. The van der Waals surface area contributed by atoms with Gasteiger partial charge in [0, 0.05) is 0 Å². The lowest BCUT2D eigenvalue weighted by molar-refractivity contribution is -0.0113.